The minimum Gasteiger partial charge on any atom is -0.385 e. The summed E-state index contributed by atoms with van der Waals surface area (Å²) in [7, 11) is 1.77. The van der Waals surface area contributed by atoms with Crippen LogP contribution in [0.15, 0.2) is 4.99 Å². The first kappa shape index (κ1) is 17.4. The van der Waals surface area contributed by atoms with Gasteiger partial charge in [-0.2, -0.15) is 0 Å². The molecule has 0 unspecified atom stereocenters. The third-order valence-electron chi connectivity index (χ3n) is 5.39. The molecule has 5 heteroatoms. The highest BCUT2D eigenvalue weighted by Gasteiger charge is 2.45. The second kappa shape index (κ2) is 7.55. The maximum Gasteiger partial charge on any atom is 0.253 e. The fraction of sp³-hybridized carbons (Fsp3) is 0.882. The van der Waals surface area contributed by atoms with E-state index in [2.05, 4.69) is 10.6 Å². The maximum atomic E-state index is 12.3. The number of amidine groups is 1. The highest BCUT2D eigenvalue weighted by atomic mass is 16.5. The molecule has 0 aromatic heterocycles. The standard InChI is InChI=1S/C16H27N3O2.CH4/c1-21-11-6-12-2-4-13(5-3-12)14-18-15(20)16(19-14)7-9-17-10-8-16;/h12-13,17H,2-11H2,1H3,(H,18,19,20);1H4. The second-order valence-electron chi connectivity index (χ2n) is 6.73. The van der Waals surface area contributed by atoms with Crippen molar-refractivity contribution >= 4 is 11.7 Å². The van der Waals surface area contributed by atoms with Gasteiger partial charge in [-0.25, -0.2) is 0 Å². The fourth-order valence-electron chi connectivity index (χ4n) is 3.92. The van der Waals surface area contributed by atoms with Crippen molar-refractivity contribution in [3.05, 3.63) is 0 Å². The molecule has 2 aliphatic heterocycles. The molecule has 5 nitrogen and oxygen atoms in total. The molecule has 2 heterocycles. The average Bonchev–Trinajstić information content (AvgIpc) is 2.83. The molecule has 1 spiro atoms. The largest absolute Gasteiger partial charge is 0.385 e. The van der Waals surface area contributed by atoms with E-state index in [1.165, 1.54) is 12.8 Å². The summed E-state index contributed by atoms with van der Waals surface area (Å²) < 4.78 is 5.17. The van der Waals surface area contributed by atoms with Gasteiger partial charge in [-0.05, 0) is 64.0 Å². The molecular weight excluding hydrogens is 278 g/mol. The Morgan fingerprint density at radius 3 is 2.55 bits per heavy atom. The van der Waals surface area contributed by atoms with Gasteiger partial charge in [0.25, 0.3) is 5.91 Å². The SMILES string of the molecule is C.COCCC1CCC(C2=NC3(CCNCC3)C(=O)N2)CC1. The molecule has 1 saturated heterocycles. The van der Waals surface area contributed by atoms with Crippen molar-refractivity contribution in [2.24, 2.45) is 16.8 Å². The summed E-state index contributed by atoms with van der Waals surface area (Å²) in [5.74, 6) is 2.36. The smallest absolute Gasteiger partial charge is 0.253 e. The Balaban J connectivity index is 0.00000176. The Kier molecular flexibility index (Phi) is 5.98. The zero-order chi connectivity index (χ0) is 14.7. The lowest BCUT2D eigenvalue weighted by Gasteiger charge is -2.29. The van der Waals surface area contributed by atoms with E-state index < -0.39 is 5.54 Å². The number of amides is 1. The van der Waals surface area contributed by atoms with Crippen LogP contribution in [0.3, 0.4) is 0 Å². The average molecular weight is 309 g/mol. The number of ether oxygens (including phenoxy) is 1. The van der Waals surface area contributed by atoms with Crippen LogP contribution in [0.25, 0.3) is 0 Å². The zero-order valence-corrected chi connectivity index (χ0v) is 13.0. The summed E-state index contributed by atoms with van der Waals surface area (Å²) in [6.45, 7) is 2.66. The molecule has 1 saturated carbocycles. The lowest BCUT2D eigenvalue weighted by Crippen LogP contribution is -2.47. The third-order valence-corrected chi connectivity index (χ3v) is 5.39. The number of nitrogens with one attached hydrogen (secondary N) is 2. The molecule has 0 aromatic rings. The third kappa shape index (κ3) is 3.51. The van der Waals surface area contributed by atoms with E-state index in [4.69, 9.17) is 9.73 Å². The van der Waals surface area contributed by atoms with Crippen molar-refractivity contribution < 1.29 is 9.53 Å². The van der Waals surface area contributed by atoms with Crippen LogP contribution in [-0.2, 0) is 9.53 Å². The van der Waals surface area contributed by atoms with Crippen LogP contribution in [0.5, 0.6) is 0 Å². The number of hydrogen-bond acceptors (Lipinski definition) is 4. The molecule has 2 fully saturated rings. The highest BCUT2D eigenvalue weighted by molar-refractivity contribution is 6.09. The first-order valence-corrected chi connectivity index (χ1v) is 8.34. The maximum absolute atomic E-state index is 12.3. The lowest BCUT2D eigenvalue weighted by atomic mass is 9.80. The number of methoxy groups -OCH3 is 1. The Hall–Kier alpha value is -0.940. The van der Waals surface area contributed by atoms with E-state index >= 15 is 0 Å². The summed E-state index contributed by atoms with van der Waals surface area (Å²) in [4.78, 5) is 17.2. The second-order valence-corrected chi connectivity index (χ2v) is 6.73. The number of piperidine rings is 1. The fourth-order valence-corrected chi connectivity index (χ4v) is 3.92. The number of rotatable bonds is 4. The van der Waals surface area contributed by atoms with Crippen molar-refractivity contribution in [2.75, 3.05) is 26.8 Å². The van der Waals surface area contributed by atoms with Gasteiger partial charge < -0.3 is 15.4 Å². The summed E-state index contributed by atoms with van der Waals surface area (Å²) >= 11 is 0. The number of aliphatic imine (C=N–C) groups is 1. The van der Waals surface area contributed by atoms with E-state index in [1.807, 2.05) is 0 Å². The molecule has 1 amide bonds. The molecule has 2 N–H and O–H groups in total. The van der Waals surface area contributed by atoms with Gasteiger partial charge in [-0.15, -0.1) is 0 Å². The summed E-state index contributed by atoms with van der Waals surface area (Å²) in [6.07, 6.45) is 7.62. The first-order chi connectivity index (χ1) is 10.2. The van der Waals surface area contributed by atoms with Crippen molar-refractivity contribution in [2.45, 2.75) is 57.9 Å². The van der Waals surface area contributed by atoms with Gasteiger partial charge in [0, 0.05) is 19.6 Å². The Morgan fingerprint density at radius 2 is 1.91 bits per heavy atom. The van der Waals surface area contributed by atoms with Gasteiger partial charge >= 0.3 is 0 Å². The molecule has 0 atom stereocenters. The predicted octanol–water partition coefficient (Wildman–Crippen LogP) is 2.12. The summed E-state index contributed by atoms with van der Waals surface area (Å²) in [5, 5.41) is 6.42. The van der Waals surface area contributed by atoms with Gasteiger partial charge in [-0.1, -0.05) is 7.43 Å². The normalized spacial score (nSPS) is 30.6. The minimum absolute atomic E-state index is 0. The van der Waals surface area contributed by atoms with E-state index in [9.17, 15) is 4.79 Å². The van der Waals surface area contributed by atoms with Crippen LogP contribution in [0.1, 0.15) is 52.4 Å². The molecule has 0 bridgehead atoms. The first-order valence-electron chi connectivity index (χ1n) is 8.34. The molecule has 1 aliphatic carbocycles. The monoisotopic (exact) mass is 309 g/mol. The van der Waals surface area contributed by atoms with Crippen molar-refractivity contribution in [1.29, 1.82) is 0 Å². The van der Waals surface area contributed by atoms with Crippen molar-refractivity contribution in [1.82, 2.24) is 10.6 Å². The summed E-state index contributed by atoms with van der Waals surface area (Å²) in [5.41, 5.74) is -0.451. The number of carbonyl (C=O) groups is 1. The van der Waals surface area contributed by atoms with Gasteiger partial charge in [0.05, 0.1) is 0 Å². The molecule has 126 valence electrons. The molecule has 0 radical (unpaired) electrons. The highest BCUT2D eigenvalue weighted by Crippen LogP contribution is 2.35. The van der Waals surface area contributed by atoms with Gasteiger partial charge in [0.1, 0.15) is 11.4 Å². The number of nitrogens with zero attached hydrogens (tertiary/aromatic N) is 1. The Morgan fingerprint density at radius 1 is 1.23 bits per heavy atom. The van der Waals surface area contributed by atoms with Crippen LogP contribution < -0.4 is 10.6 Å². The van der Waals surface area contributed by atoms with Crippen molar-refractivity contribution in [3.8, 4) is 0 Å². The number of hydrogen-bond donors (Lipinski definition) is 2. The zero-order valence-electron chi connectivity index (χ0n) is 13.0. The summed E-state index contributed by atoms with van der Waals surface area (Å²) in [6, 6.07) is 0. The van der Waals surface area contributed by atoms with Crippen LogP contribution in [0, 0.1) is 11.8 Å². The van der Waals surface area contributed by atoms with Gasteiger partial charge in [0.2, 0.25) is 0 Å². The Labute approximate surface area is 134 Å². The molecular formula is C17H31N3O2. The van der Waals surface area contributed by atoms with E-state index in [0.29, 0.717) is 5.92 Å². The quantitative estimate of drug-likeness (QED) is 0.836. The van der Waals surface area contributed by atoms with Crippen LogP contribution in [0.4, 0.5) is 0 Å². The predicted molar refractivity (Wildman–Crippen MR) is 89.1 cm³/mol. The van der Waals surface area contributed by atoms with Crippen LogP contribution in [-0.4, -0.2) is 44.1 Å². The minimum atomic E-state index is -0.451. The molecule has 3 aliphatic rings. The van der Waals surface area contributed by atoms with Gasteiger partial charge in [-0.3, -0.25) is 9.79 Å². The van der Waals surface area contributed by atoms with E-state index in [1.54, 1.807) is 7.11 Å². The van der Waals surface area contributed by atoms with Crippen LogP contribution >= 0.6 is 0 Å². The van der Waals surface area contributed by atoms with Gasteiger partial charge in [0.15, 0.2) is 0 Å². The molecule has 22 heavy (non-hydrogen) atoms. The lowest BCUT2D eigenvalue weighted by molar-refractivity contribution is -0.124. The van der Waals surface area contributed by atoms with Crippen LogP contribution in [0.2, 0.25) is 0 Å². The number of carbonyl (C=O) groups excluding carboxylic acids is 1. The van der Waals surface area contributed by atoms with E-state index in [-0.39, 0.29) is 13.3 Å². The molecule has 0 aromatic carbocycles. The topological polar surface area (TPSA) is 62.7 Å². The molecule has 3 rings (SSSR count). The van der Waals surface area contributed by atoms with Crippen molar-refractivity contribution in [3.63, 3.8) is 0 Å². The van der Waals surface area contributed by atoms with E-state index in [0.717, 1.165) is 63.6 Å². The Bertz CT molecular complexity index is 408.